The number of nitrogens with one attached hydrogen (secondary N) is 1. The number of rotatable bonds is 6. The molecule has 0 aliphatic carbocycles. The molecule has 1 heterocycles. The van der Waals surface area contributed by atoms with Crippen LogP contribution in [0, 0.1) is 0 Å². The van der Waals surface area contributed by atoms with Crippen LogP contribution in [0.3, 0.4) is 0 Å². The highest BCUT2D eigenvalue weighted by Gasteiger charge is 2.17. The average Bonchev–Trinajstić information content (AvgIpc) is 2.47. The molecule has 20 heavy (non-hydrogen) atoms. The van der Waals surface area contributed by atoms with Gasteiger partial charge in [0, 0.05) is 6.54 Å². The Morgan fingerprint density at radius 1 is 1.40 bits per heavy atom. The fourth-order valence-electron chi connectivity index (χ4n) is 2.44. The second kappa shape index (κ2) is 7.14. The molecule has 1 aromatic rings. The molecule has 1 aliphatic rings. The van der Waals surface area contributed by atoms with Crippen LogP contribution in [0.15, 0.2) is 18.2 Å². The molecule has 2 rings (SSSR count). The Morgan fingerprint density at radius 3 is 2.90 bits per heavy atom. The molecule has 1 saturated heterocycles. The molecular weight excluding hydrogens is 258 g/mol. The first-order valence-electron chi connectivity index (χ1n) is 7.02. The van der Waals surface area contributed by atoms with Crippen LogP contribution < -0.4 is 14.8 Å². The number of aliphatic carboxylic acids is 1. The second-order valence-electron chi connectivity index (χ2n) is 4.86. The number of piperidine rings is 1. The van der Waals surface area contributed by atoms with Crippen molar-refractivity contribution in [3.63, 3.8) is 0 Å². The molecule has 1 aliphatic heterocycles. The minimum Gasteiger partial charge on any atom is -0.490 e. The Hall–Kier alpha value is -1.75. The van der Waals surface area contributed by atoms with Crippen molar-refractivity contribution in [2.24, 2.45) is 0 Å². The predicted molar refractivity (Wildman–Crippen MR) is 75.6 cm³/mol. The molecule has 5 heteroatoms. The maximum absolute atomic E-state index is 10.6. The summed E-state index contributed by atoms with van der Waals surface area (Å²) in [5.41, 5.74) is 1.21. The van der Waals surface area contributed by atoms with Crippen LogP contribution in [0.4, 0.5) is 0 Å². The van der Waals surface area contributed by atoms with Gasteiger partial charge in [-0.3, -0.25) is 0 Å². The van der Waals surface area contributed by atoms with Gasteiger partial charge in [0.05, 0.1) is 6.61 Å². The molecule has 110 valence electrons. The van der Waals surface area contributed by atoms with Crippen molar-refractivity contribution in [2.75, 3.05) is 26.3 Å². The molecule has 1 atom stereocenters. The van der Waals surface area contributed by atoms with Crippen LogP contribution in [0.5, 0.6) is 11.5 Å². The lowest BCUT2D eigenvalue weighted by molar-refractivity contribution is -0.139. The first-order valence-corrected chi connectivity index (χ1v) is 7.02. The van der Waals surface area contributed by atoms with Crippen LogP contribution >= 0.6 is 0 Å². The largest absolute Gasteiger partial charge is 0.490 e. The van der Waals surface area contributed by atoms with Crippen LogP contribution in [0.1, 0.15) is 31.2 Å². The molecular formula is C15H21NO4. The summed E-state index contributed by atoms with van der Waals surface area (Å²) in [6.07, 6.45) is 2.33. The average molecular weight is 279 g/mol. The highest BCUT2D eigenvalue weighted by atomic mass is 16.5. The van der Waals surface area contributed by atoms with Crippen molar-refractivity contribution in [1.29, 1.82) is 0 Å². The van der Waals surface area contributed by atoms with E-state index in [4.69, 9.17) is 14.6 Å². The normalized spacial score (nSPS) is 18.6. The molecule has 0 radical (unpaired) electrons. The van der Waals surface area contributed by atoms with E-state index in [1.54, 1.807) is 6.07 Å². The van der Waals surface area contributed by atoms with Gasteiger partial charge in [-0.1, -0.05) is 6.07 Å². The summed E-state index contributed by atoms with van der Waals surface area (Å²) < 4.78 is 10.8. The molecule has 1 fully saturated rings. The lowest BCUT2D eigenvalue weighted by Gasteiger charge is -2.24. The highest BCUT2D eigenvalue weighted by Crippen LogP contribution is 2.33. The van der Waals surface area contributed by atoms with E-state index in [2.05, 4.69) is 5.32 Å². The van der Waals surface area contributed by atoms with E-state index < -0.39 is 5.97 Å². The summed E-state index contributed by atoms with van der Waals surface area (Å²) in [5.74, 6) is 0.600. The zero-order chi connectivity index (χ0) is 14.4. The fraction of sp³-hybridized carbons (Fsp3) is 0.533. The minimum absolute atomic E-state index is 0.357. The van der Waals surface area contributed by atoms with E-state index in [0.29, 0.717) is 24.0 Å². The monoisotopic (exact) mass is 279 g/mol. The zero-order valence-electron chi connectivity index (χ0n) is 11.7. The van der Waals surface area contributed by atoms with E-state index in [0.717, 1.165) is 19.5 Å². The molecule has 5 nitrogen and oxygen atoms in total. The van der Waals surface area contributed by atoms with Crippen molar-refractivity contribution in [1.82, 2.24) is 5.32 Å². The number of carboxylic acid groups (broad SMARTS) is 1. The van der Waals surface area contributed by atoms with Crippen molar-refractivity contribution < 1.29 is 19.4 Å². The summed E-state index contributed by atoms with van der Waals surface area (Å²) in [4.78, 5) is 10.6. The number of carbonyl (C=O) groups is 1. The van der Waals surface area contributed by atoms with Gasteiger partial charge in [-0.2, -0.15) is 0 Å². The summed E-state index contributed by atoms with van der Waals surface area (Å²) in [5, 5.41) is 12.1. The number of carboxylic acids is 1. The third-order valence-electron chi connectivity index (χ3n) is 3.39. The van der Waals surface area contributed by atoms with E-state index in [-0.39, 0.29) is 6.61 Å². The van der Waals surface area contributed by atoms with E-state index >= 15 is 0 Å². The lowest BCUT2D eigenvalue weighted by atomic mass is 9.91. The van der Waals surface area contributed by atoms with Crippen LogP contribution in [0.2, 0.25) is 0 Å². The van der Waals surface area contributed by atoms with Gasteiger partial charge in [0.1, 0.15) is 0 Å². The van der Waals surface area contributed by atoms with Gasteiger partial charge in [-0.05, 0) is 49.9 Å². The summed E-state index contributed by atoms with van der Waals surface area (Å²) in [7, 11) is 0. The molecule has 2 N–H and O–H groups in total. The van der Waals surface area contributed by atoms with Crippen LogP contribution in [-0.4, -0.2) is 37.4 Å². The van der Waals surface area contributed by atoms with Gasteiger partial charge >= 0.3 is 5.97 Å². The topological polar surface area (TPSA) is 67.8 Å². The number of hydrogen-bond acceptors (Lipinski definition) is 4. The SMILES string of the molecule is CCOc1cc(C2CCCNC2)ccc1OCC(=O)O. The molecule has 0 bridgehead atoms. The van der Waals surface area contributed by atoms with Crippen LogP contribution in [-0.2, 0) is 4.79 Å². The third-order valence-corrected chi connectivity index (χ3v) is 3.39. The summed E-state index contributed by atoms with van der Waals surface area (Å²) >= 11 is 0. The Labute approximate surface area is 118 Å². The first kappa shape index (κ1) is 14.7. The first-order chi connectivity index (χ1) is 9.70. The highest BCUT2D eigenvalue weighted by molar-refractivity contribution is 5.68. The Morgan fingerprint density at radius 2 is 2.25 bits per heavy atom. The Kier molecular flexibility index (Phi) is 5.24. The molecule has 1 aromatic carbocycles. The van der Waals surface area contributed by atoms with E-state index in [1.807, 2.05) is 19.1 Å². The number of benzene rings is 1. The molecule has 0 aromatic heterocycles. The van der Waals surface area contributed by atoms with Gasteiger partial charge in [-0.25, -0.2) is 4.79 Å². The fourth-order valence-corrected chi connectivity index (χ4v) is 2.44. The smallest absolute Gasteiger partial charge is 0.341 e. The molecule has 0 spiro atoms. The zero-order valence-corrected chi connectivity index (χ0v) is 11.7. The summed E-state index contributed by atoms with van der Waals surface area (Å²) in [6, 6.07) is 5.77. The van der Waals surface area contributed by atoms with Crippen molar-refractivity contribution in [3.05, 3.63) is 23.8 Å². The third kappa shape index (κ3) is 3.87. The minimum atomic E-state index is -0.993. The predicted octanol–water partition coefficient (Wildman–Crippen LogP) is 2.02. The van der Waals surface area contributed by atoms with Gasteiger partial charge in [0.25, 0.3) is 0 Å². The molecule has 1 unspecified atom stereocenters. The summed E-state index contributed by atoms with van der Waals surface area (Å²) in [6.45, 7) is 4.12. The molecule has 0 amide bonds. The molecule has 0 saturated carbocycles. The van der Waals surface area contributed by atoms with Gasteiger partial charge in [0.2, 0.25) is 0 Å². The maximum atomic E-state index is 10.6. The standard InChI is InChI=1S/C15H21NO4/c1-2-19-14-8-11(12-4-3-7-16-9-12)5-6-13(14)20-10-15(17)18/h5-6,8,12,16H,2-4,7,9-10H2,1H3,(H,17,18). The Balaban J connectivity index is 2.14. The quantitative estimate of drug-likeness (QED) is 0.834. The van der Waals surface area contributed by atoms with Crippen LogP contribution in [0.25, 0.3) is 0 Å². The number of hydrogen-bond donors (Lipinski definition) is 2. The van der Waals surface area contributed by atoms with Crippen molar-refractivity contribution in [3.8, 4) is 11.5 Å². The van der Waals surface area contributed by atoms with Gasteiger partial charge in [0.15, 0.2) is 18.1 Å². The van der Waals surface area contributed by atoms with Crippen molar-refractivity contribution >= 4 is 5.97 Å². The number of ether oxygens (including phenoxy) is 2. The van der Waals surface area contributed by atoms with E-state index in [9.17, 15) is 4.79 Å². The Bertz CT molecular complexity index is 455. The van der Waals surface area contributed by atoms with Gasteiger partial charge < -0.3 is 19.9 Å². The van der Waals surface area contributed by atoms with Crippen molar-refractivity contribution in [2.45, 2.75) is 25.7 Å². The lowest BCUT2D eigenvalue weighted by Crippen LogP contribution is -2.28. The van der Waals surface area contributed by atoms with E-state index in [1.165, 1.54) is 12.0 Å². The maximum Gasteiger partial charge on any atom is 0.341 e. The van der Waals surface area contributed by atoms with Gasteiger partial charge in [-0.15, -0.1) is 0 Å². The second-order valence-corrected chi connectivity index (χ2v) is 4.86.